The van der Waals surface area contributed by atoms with Crippen LogP contribution in [0.2, 0.25) is 0 Å². The molecule has 0 saturated carbocycles. The number of aromatic nitrogens is 2. The molecule has 1 aliphatic heterocycles. The van der Waals surface area contributed by atoms with Crippen LogP contribution in [0.3, 0.4) is 0 Å². The highest BCUT2D eigenvalue weighted by Crippen LogP contribution is 2.35. The summed E-state index contributed by atoms with van der Waals surface area (Å²) in [6, 6.07) is 24.3. The number of nitrogens with zero attached hydrogens (tertiary/aromatic N) is 3. The van der Waals surface area contributed by atoms with Gasteiger partial charge in [0.1, 0.15) is 5.82 Å². The van der Waals surface area contributed by atoms with E-state index in [1.807, 2.05) is 71.4 Å². The number of carbonyl (C=O) groups is 2. The topological polar surface area (TPSA) is 87.2 Å². The lowest BCUT2D eigenvalue weighted by Gasteiger charge is -2.22. The maximum Gasteiger partial charge on any atom is 0.260 e. The van der Waals surface area contributed by atoms with E-state index in [1.54, 1.807) is 40.6 Å². The number of fused-ring (bicyclic) bond motifs is 2. The Morgan fingerprint density at radius 3 is 2.62 bits per heavy atom. The molecule has 0 aliphatic carbocycles. The molecule has 0 unspecified atom stereocenters. The summed E-state index contributed by atoms with van der Waals surface area (Å²) in [6.45, 7) is 0.387. The van der Waals surface area contributed by atoms with Crippen molar-refractivity contribution in [3.8, 4) is 11.1 Å². The summed E-state index contributed by atoms with van der Waals surface area (Å²) >= 11 is 1.58. The van der Waals surface area contributed by atoms with E-state index in [4.69, 9.17) is 0 Å². The van der Waals surface area contributed by atoms with Crippen LogP contribution >= 0.6 is 11.3 Å². The van der Waals surface area contributed by atoms with Crippen molar-refractivity contribution in [2.24, 2.45) is 0 Å². The fourth-order valence-electron chi connectivity index (χ4n) is 4.34. The number of pyridine rings is 2. The van der Waals surface area contributed by atoms with Crippen LogP contribution < -0.4 is 15.5 Å². The monoisotopic (exact) mass is 503 g/mol. The lowest BCUT2D eigenvalue weighted by Crippen LogP contribution is -2.30. The number of carbonyl (C=O) groups excluding carboxylic acids is 2. The lowest BCUT2D eigenvalue weighted by atomic mass is 10.0. The second-order valence-corrected chi connectivity index (χ2v) is 9.27. The fourth-order valence-corrected chi connectivity index (χ4v) is 5.00. The zero-order chi connectivity index (χ0) is 25.2. The van der Waals surface area contributed by atoms with Crippen molar-refractivity contribution >= 4 is 46.2 Å². The van der Waals surface area contributed by atoms with Crippen molar-refractivity contribution in [1.82, 2.24) is 9.97 Å². The molecule has 180 valence electrons. The molecule has 0 saturated heterocycles. The maximum atomic E-state index is 13.6. The molecule has 2 amide bonds. The number of amides is 2. The molecule has 37 heavy (non-hydrogen) atoms. The summed E-state index contributed by atoms with van der Waals surface area (Å²) < 4.78 is 0. The average Bonchev–Trinajstić information content (AvgIpc) is 3.42. The number of benzene rings is 2. The fraction of sp³-hybridized carbons (Fsp3) is 0.0345. The Morgan fingerprint density at radius 1 is 0.919 bits per heavy atom. The van der Waals surface area contributed by atoms with Crippen molar-refractivity contribution in [3.63, 3.8) is 0 Å². The predicted octanol–water partition coefficient (Wildman–Crippen LogP) is 6.36. The maximum absolute atomic E-state index is 13.6. The van der Waals surface area contributed by atoms with Crippen molar-refractivity contribution in [2.45, 2.75) is 6.54 Å². The van der Waals surface area contributed by atoms with Crippen molar-refractivity contribution < 1.29 is 9.59 Å². The van der Waals surface area contributed by atoms with Crippen LogP contribution in [0, 0.1) is 0 Å². The second-order valence-electron chi connectivity index (χ2n) is 8.49. The van der Waals surface area contributed by atoms with Gasteiger partial charge >= 0.3 is 0 Å². The van der Waals surface area contributed by atoms with Crippen molar-refractivity contribution in [2.75, 3.05) is 15.5 Å². The molecule has 0 spiro atoms. The van der Waals surface area contributed by atoms with Gasteiger partial charge in [-0.2, -0.15) is 11.3 Å². The Kier molecular flexibility index (Phi) is 5.92. The summed E-state index contributed by atoms with van der Waals surface area (Å²) in [4.78, 5) is 37.1. The molecule has 3 aromatic heterocycles. The van der Waals surface area contributed by atoms with Gasteiger partial charge in [-0.25, -0.2) is 9.97 Å². The van der Waals surface area contributed by atoms with E-state index in [9.17, 15) is 9.59 Å². The molecular formula is C29H21N5O2S. The molecule has 1 aliphatic rings. The first-order chi connectivity index (χ1) is 18.2. The van der Waals surface area contributed by atoms with E-state index in [0.29, 0.717) is 35.0 Å². The number of nitrogens with one attached hydrogen (secondary N) is 2. The molecule has 7 nitrogen and oxygen atoms in total. The molecule has 0 radical (unpaired) electrons. The van der Waals surface area contributed by atoms with Crippen LogP contribution in [0.4, 0.5) is 23.0 Å². The van der Waals surface area contributed by atoms with Crippen molar-refractivity contribution in [1.29, 1.82) is 0 Å². The molecule has 4 heterocycles. The number of thiophene rings is 1. The van der Waals surface area contributed by atoms with Crippen LogP contribution in [0.1, 0.15) is 26.3 Å². The van der Waals surface area contributed by atoms with Crippen LogP contribution in [0.15, 0.2) is 102 Å². The van der Waals surface area contributed by atoms with Gasteiger partial charge in [-0.05, 0) is 69.9 Å². The first-order valence-corrected chi connectivity index (χ1v) is 12.6. The summed E-state index contributed by atoms with van der Waals surface area (Å²) in [5, 5.41) is 10.2. The van der Waals surface area contributed by atoms with Gasteiger partial charge in [-0.3, -0.25) is 9.59 Å². The lowest BCUT2D eigenvalue weighted by molar-refractivity contribution is 0.0984. The summed E-state index contributed by atoms with van der Waals surface area (Å²) in [5.41, 5.74) is 5.40. The largest absolute Gasteiger partial charge is 0.338 e. The average molecular weight is 504 g/mol. The van der Waals surface area contributed by atoms with Gasteiger partial charge in [0.05, 0.1) is 17.8 Å². The van der Waals surface area contributed by atoms with Gasteiger partial charge in [0, 0.05) is 23.6 Å². The van der Waals surface area contributed by atoms with Gasteiger partial charge < -0.3 is 15.5 Å². The molecule has 2 aromatic carbocycles. The van der Waals surface area contributed by atoms with Crippen LogP contribution in [0.5, 0.6) is 0 Å². The second kappa shape index (κ2) is 9.67. The predicted molar refractivity (Wildman–Crippen MR) is 146 cm³/mol. The summed E-state index contributed by atoms with van der Waals surface area (Å²) in [7, 11) is 0. The molecule has 0 fully saturated rings. The Bertz CT molecular complexity index is 1600. The zero-order valence-electron chi connectivity index (χ0n) is 19.6. The molecule has 0 atom stereocenters. The van der Waals surface area contributed by atoms with Crippen LogP contribution in [-0.2, 0) is 6.54 Å². The summed E-state index contributed by atoms with van der Waals surface area (Å²) in [6.07, 6.45) is 3.18. The van der Waals surface area contributed by atoms with E-state index in [-0.39, 0.29) is 11.8 Å². The Hall–Kier alpha value is -4.82. The molecule has 0 bridgehead atoms. The smallest absolute Gasteiger partial charge is 0.260 e. The summed E-state index contributed by atoms with van der Waals surface area (Å²) in [5.74, 6) is 0.512. The highest BCUT2D eigenvalue weighted by Gasteiger charge is 2.26. The number of hydrogen-bond acceptors (Lipinski definition) is 6. The number of para-hydroxylation sites is 1. The molecule has 8 heteroatoms. The van der Waals surface area contributed by atoms with Gasteiger partial charge in [-0.1, -0.05) is 36.4 Å². The molecule has 2 N–H and O–H groups in total. The quantitative estimate of drug-likeness (QED) is 0.298. The van der Waals surface area contributed by atoms with Gasteiger partial charge in [0.2, 0.25) is 0 Å². The van der Waals surface area contributed by atoms with Crippen LogP contribution in [-0.4, -0.2) is 21.8 Å². The molecule has 5 aromatic rings. The van der Waals surface area contributed by atoms with Gasteiger partial charge in [0.25, 0.3) is 11.8 Å². The van der Waals surface area contributed by atoms with E-state index in [0.717, 1.165) is 22.4 Å². The number of anilines is 4. The number of hydrogen-bond donors (Lipinski definition) is 2. The minimum atomic E-state index is -0.261. The zero-order valence-corrected chi connectivity index (χ0v) is 20.4. The highest BCUT2D eigenvalue weighted by molar-refractivity contribution is 7.08. The first kappa shape index (κ1) is 22.6. The first-order valence-electron chi connectivity index (χ1n) is 11.7. The van der Waals surface area contributed by atoms with E-state index in [1.165, 1.54) is 6.20 Å². The molecular weight excluding hydrogens is 482 g/mol. The van der Waals surface area contributed by atoms with Crippen LogP contribution in [0.25, 0.3) is 11.1 Å². The Balaban J connectivity index is 1.24. The SMILES string of the molecule is O=C(Nc1ccc(C(=O)N2Cc3ccccc3Nc3ncccc32)cn1)c1ccccc1-c1ccsc1. The molecule has 6 rings (SSSR count). The van der Waals surface area contributed by atoms with E-state index >= 15 is 0 Å². The number of rotatable bonds is 4. The van der Waals surface area contributed by atoms with Crippen molar-refractivity contribution in [3.05, 3.63) is 119 Å². The van der Waals surface area contributed by atoms with Gasteiger partial charge in [-0.15, -0.1) is 0 Å². The normalized spacial score (nSPS) is 12.1. The Labute approximate surface area is 217 Å². The minimum absolute atomic E-state index is 0.207. The van der Waals surface area contributed by atoms with Gasteiger partial charge in [0.15, 0.2) is 5.82 Å². The third-order valence-electron chi connectivity index (χ3n) is 6.18. The van der Waals surface area contributed by atoms with E-state index in [2.05, 4.69) is 20.6 Å². The standard InChI is InChI=1S/C29H21N5O2S/c35-28(23-8-3-2-7-22(23)21-13-15-37-18-21)33-26-12-11-19(16-31-26)29(36)34-17-20-6-1-4-9-24(20)32-27-25(34)10-5-14-30-27/h1-16,18H,17H2,(H,30,32)(H,31,33,35). The Morgan fingerprint density at radius 2 is 1.78 bits per heavy atom. The van der Waals surface area contributed by atoms with E-state index < -0.39 is 0 Å². The minimum Gasteiger partial charge on any atom is -0.338 e. The third-order valence-corrected chi connectivity index (χ3v) is 6.86. The third kappa shape index (κ3) is 4.46. The highest BCUT2D eigenvalue weighted by atomic mass is 32.1.